The normalized spacial score (nSPS) is 11.7. The fraction of sp³-hybridized carbons (Fsp3) is 0.231. The van der Waals surface area contributed by atoms with E-state index in [1.54, 1.807) is 23.5 Å². The smallest absolute Gasteiger partial charge is 0.242 e. The Bertz CT molecular complexity index is 711. The topological polar surface area (TPSA) is 72.2 Å². The number of benzene rings is 1. The third kappa shape index (κ3) is 3.41. The highest BCUT2D eigenvalue weighted by Crippen LogP contribution is 2.25. The molecule has 2 rings (SSSR count). The Hall–Kier alpha value is -0.890. The molecule has 0 aliphatic rings. The molecule has 3 N–H and O–H groups in total. The van der Waals surface area contributed by atoms with Crippen LogP contribution in [0.15, 0.2) is 39.0 Å². The Morgan fingerprint density at radius 3 is 2.80 bits per heavy atom. The molecule has 1 heterocycles. The van der Waals surface area contributed by atoms with Gasteiger partial charge in [0.25, 0.3) is 0 Å². The molecule has 0 aliphatic carbocycles. The number of aryl methyl sites for hydroxylation is 1. The van der Waals surface area contributed by atoms with E-state index >= 15 is 0 Å². The number of hydrogen-bond acceptors (Lipinski definition) is 4. The first-order chi connectivity index (χ1) is 9.44. The van der Waals surface area contributed by atoms with Crippen molar-refractivity contribution in [3.8, 4) is 0 Å². The van der Waals surface area contributed by atoms with Crippen LogP contribution in [0.25, 0.3) is 0 Å². The van der Waals surface area contributed by atoms with Crippen LogP contribution in [0.1, 0.15) is 17.4 Å². The van der Waals surface area contributed by atoms with Gasteiger partial charge in [-0.3, -0.25) is 0 Å². The largest absolute Gasteiger partial charge is 0.399 e. The van der Waals surface area contributed by atoms with Gasteiger partial charge < -0.3 is 5.73 Å². The molecular weight excluding hydrogens is 360 g/mol. The van der Waals surface area contributed by atoms with Crippen molar-refractivity contribution in [2.45, 2.75) is 24.8 Å². The van der Waals surface area contributed by atoms with Gasteiger partial charge in [0.15, 0.2) is 0 Å². The summed E-state index contributed by atoms with van der Waals surface area (Å²) in [6.45, 7) is 2.35. The van der Waals surface area contributed by atoms with Crippen LogP contribution in [0.2, 0.25) is 0 Å². The summed E-state index contributed by atoms with van der Waals surface area (Å²) in [6, 6.07) is 6.75. The quantitative estimate of drug-likeness (QED) is 0.789. The van der Waals surface area contributed by atoms with Crippen LogP contribution < -0.4 is 10.5 Å². The first-order valence-electron chi connectivity index (χ1n) is 6.04. The zero-order chi connectivity index (χ0) is 14.8. The summed E-state index contributed by atoms with van der Waals surface area (Å²) in [5.74, 6) is 0. The maximum atomic E-state index is 12.3. The molecule has 4 nitrogen and oxygen atoms in total. The molecule has 0 bridgehead atoms. The van der Waals surface area contributed by atoms with Gasteiger partial charge in [-0.05, 0) is 57.6 Å². The molecule has 0 amide bonds. The predicted molar refractivity (Wildman–Crippen MR) is 86.3 cm³/mol. The van der Waals surface area contributed by atoms with E-state index in [1.165, 1.54) is 11.6 Å². The molecule has 0 unspecified atom stereocenters. The molecule has 2 aromatic rings. The summed E-state index contributed by atoms with van der Waals surface area (Å²) in [4.78, 5) is 1.20. The molecule has 108 valence electrons. The summed E-state index contributed by atoms with van der Waals surface area (Å²) in [7, 11) is -3.58. The first kappa shape index (κ1) is 15.5. The van der Waals surface area contributed by atoms with Gasteiger partial charge in [-0.2, -0.15) is 0 Å². The van der Waals surface area contributed by atoms with E-state index in [1.807, 2.05) is 11.4 Å². The molecule has 0 atom stereocenters. The Morgan fingerprint density at radius 1 is 1.35 bits per heavy atom. The van der Waals surface area contributed by atoms with Crippen molar-refractivity contribution < 1.29 is 8.42 Å². The Kier molecular flexibility index (Phi) is 4.85. The van der Waals surface area contributed by atoms with Crippen molar-refractivity contribution in [2.75, 3.05) is 5.73 Å². The lowest BCUT2D eigenvalue weighted by Crippen LogP contribution is -2.23. The standard InChI is InChI=1S/C13H15BrN2O2S2/c1-2-9-5-6-19-12(9)8-16-20(17,18)13-7-10(15)3-4-11(13)14/h3-7,16H,2,8,15H2,1H3. The zero-order valence-electron chi connectivity index (χ0n) is 10.9. The summed E-state index contributed by atoms with van der Waals surface area (Å²) in [5, 5.41) is 1.97. The third-order valence-corrected chi connectivity index (χ3v) is 6.24. The molecule has 0 fully saturated rings. The number of thiophene rings is 1. The molecule has 0 spiro atoms. The molecule has 0 saturated heterocycles. The van der Waals surface area contributed by atoms with Crippen LogP contribution in [-0.2, 0) is 23.0 Å². The average molecular weight is 375 g/mol. The monoisotopic (exact) mass is 374 g/mol. The highest BCUT2D eigenvalue weighted by Gasteiger charge is 2.18. The number of sulfonamides is 1. The summed E-state index contributed by atoms with van der Waals surface area (Å²) in [6.07, 6.45) is 0.891. The number of anilines is 1. The highest BCUT2D eigenvalue weighted by molar-refractivity contribution is 9.10. The van der Waals surface area contributed by atoms with Crippen LogP contribution in [0.5, 0.6) is 0 Å². The SMILES string of the molecule is CCc1ccsc1CNS(=O)(=O)c1cc(N)ccc1Br. The lowest BCUT2D eigenvalue weighted by atomic mass is 10.2. The van der Waals surface area contributed by atoms with Crippen molar-refractivity contribution in [3.05, 3.63) is 44.6 Å². The maximum Gasteiger partial charge on any atom is 0.242 e. The van der Waals surface area contributed by atoms with Gasteiger partial charge in [-0.25, -0.2) is 13.1 Å². The van der Waals surface area contributed by atoms with Gasteiger partial charge in [0.1, 0.15) is 0 Å². The van der Waals surface area contributed by atoms with Gasteiger partial charge in [-0.15, -0.1) is 11.3 Å². The maximum absolute atomic E-state index is 12.3. The summed E-state index contributed by atoms with van der Waals surface area (Å²) < 4.78 is 27.7. The predicted octanol–water partition coefficient (Wildman–Crippen LogP) is 3.13. The van der Waals surface area contributed by atoms with Gasteiger partial charge in [0, 0.05) is 21.6 Å². The minimum Gasteiger partial charge on any atom is -0.399 e. The van der Waals surface area contributed by atoms with Crippen LogP contribution in [0, 0.1) is 0 Å². The molecule has 20 heavy (non-hydrogen) atoms. The van der Waals surface area contributed by atoms with Crippen molar-refractivity contribution in [1.29, 1.82) is 0 Å². The minimum absolute atomic E-state index is 0.159. The fourth-order valence-corrected chi connectivity index (χ4v) is 4.80. The lowest BCUT2D eigenvalue weighted by molar-refractivity contribution is 0.581. The number of hydrogen-bond donors (Lipinski definition) is 2. The van der Waals surface area contributed by atoms with Gasteiger partial charge in [0.2, 0.25) is 10.0 Å². The first-order valence-corrected chi connectivity index (χ1v) is 9.19. The number of nitrogens with two attached hydrogens (primary N) is 1. The fourth-order valence-electron chi connectivity index (χ4n) is 1.80. The summed E-state index contributed by atoms with van der Waals surface area (Å²) in [5.41, 5.74) is 7.24. The highest BCUT2D eigenvalue weighted by atomic mass is 79.9. The van der Waals surface area contributed by atoms with Crippen molar-refractivity contribution in [2.24, 2.45) is 0 Å². The van der Waals surface area contributed by atoms with Crippen LogP contribution in [-0.4, -0.2) is 8.42 Å². The van der Waals surface area contributed by atoms with E-state index in [-0.39, 0.29) is 4.90 Å². The van der Waals surface area contributed by atoms with E-state index in [2.05, 4.69) is 27.6 Å². The van der Waals surface area contributed by atoms with Crippen LogP contribution in [0.4, 0.5) is 5.69 Å². The van der Waals surface area contributed by atoms with Crippen LogP contribution >= 0.6 is 27.3 Å². The van der Waals surface area contributed by atoms with E-state index < -0.39 is 10.0 Å². The van der Waals surface area contributed by atoms with Crippen LogP contribution in [0.3, 0.4) is 0 Å². The number of halogens is 1. The van der Waals surface area contributed by atoms with Crippen molar-refractivity contribution in [1.82, 2.24) is 4.72 Å². The van der Waals surface area contributed by atoms with E-state index in [9.17, 15) is 8.42 Å². The van der Waals surface area contributed by atoms with Gasteiger partial charge >= 0.3 is 0 Å². The average Bonchev–Trinajstić information content (AvgIpc) is 2.86. The molecule has 0 radical (unpaired) electrons. The Labute approximate surface area is 131 Å². The van der Waals surface area contributed by atoms with Crippen molar-refractivity contribution >= 4 is 43.0 Å². The molecule has 0 saturated carbocycles. The van der Waals surface area contributed by atoms with Crippen molar-refractivity contribution in [3.63, 3.8) is 0 Å². The second kappa shape index (κ2) is 6.26. The second-order valence-corrected chi connectivity index (χ2v) is 7.83. The number of nitrogen functional groups attached to an aromatic ring is 1. The molecule has 7 heteroatoms. The van der Waals surface area contributed by atoms with Gasteiger partial charge in [-0.1, -0.05) is 6.92 Å². The molecular formula is C13H15BrN2O2S2. The van der Waals surface area contributed by atoms with E-state index in [4.69, 9.17) is 5.73 Å². The summed E-state index contributed by atoms with van der Waals surface area (Å²) >= 11 is 4.80. The van der Waals surface area contributed by atoms with E-state index in [0.717, 1.165) is 11.3 Å². The third-order valence-electron chi connectivity index (χ3n) is 2.89. The second-order valence-electron chi connectivity index (χ2n) is 4.24. The van der Waals surface area contributed by atoms with Gasteiger partial charge in [0.05, 0.1) is 4.90 Å². The molecule has 0 aliphatic heterocycles. The molecule has 1 aromatic heterocycles. The molecule has 1 aromatic carbocycles. The Morgan fingerprint density at radius 2 is 2.10 bits per heavy atom. The zero-order valence-corrected chi connectivity index (χ0v) is 14.1. The Balaban J connectivity index is 2.21. The number of nitrogens with one attached hydrogen (secondary N) is 1. The minimum atomic E-state index is -3.58. The number of rotatable bonds is 5. The lowest BCUT2D eigenvalue weighted by Gasteiger charge is -2.09. The van der Waals surface area contributed by atoms with E-state index in [0.29, 0.717) is 16.7 Å².